The van der Waals surface area contributed by atoms with Crippen LogP contribution >= 0.6 is 11.6 Å². The van der Waals surface area contributed by atoms with Gasteiger partial charge in [0.1, 0.15) is 0 Å². The van der Waals surface area contributed by atoms with Crippen LogP contribution in [0, 0.1) is 0 Å². The van der Waals surface area contributed by atoms with E-state index in [2.05, 4.69) is 15.8 Å². The molecule has 1 aromatic carbocycles. The fourth-order valence-electron chi connectivity index (χ4n) is 2.25. The molecule has 0 bridgehead atoms. The van der Waals surface area contributed by atoms with Gasteiger partial charge in [-0.2, -0.15) is 0 Å². The van der Waals surface area contributed by atoms with Crippen molar-refractivity contribution in [2.75, 3.05) is 31.2 Å². The Balaban J connectivity index is 2.07. The second kappa shape index (κ2) is 9.67. The molecule has 1 aromatic rings. The average molecular weight is 381 g/mol. The van der Waals surface area contributed by atoms with E-state index in [0.717, 1.165) is 5.69 Å². The predicted molar refractivity (Wildman–Crippen MR) is 98.7 cm³/mol. The number of halogens is 1. The minimum absolute atomic E-state index is 0.149. The number of esters is 2. The Morgan fingerprint density at radius 3 is 2.50 bits per heavy atom. The Bertz CT molecular complexity index is 700. The maximum Gasteiger partial charge on any atom is 0.347 e. The van der Waals surface area contributed by atoms with Gasteiger partial charge in [0.05, 0.1) is 30.5 Å². The zero-order valence-electron chi connectivity index (χ0n) is 14.6. The molecule has 0 saturated carbocycles. The predicted octanol–water partition coefficient (Wildman–Crippen LogP) is 1.62. The van der Waals surface area contributed by atoms with Crippen LogP contribution < -0.4 is 15.8 Å². The highest BCUT2D eigenvalue weighted by Gasteiger charge is 2.22. The van der Waals surface area contributed by atoms with Crippen molar-refractivity contribution in [2.24, 2.45) is 4.99 Å². The van der Waals surface area contributed by atoms with Gasteiger partial charge in [0.25, 0.3) is 0 Å². The molecule has 1 heterocycles. The third kappa shape index (κ3) is 4.89. The number of para-hydroxylation sites is 1. The van der Waals surface area contributed by atoms with Crippen molar-refractivity contribution >= 4 is 35.2 Å². The van der Waals surface area contributed by atoms with E-state index in [1.807, 2.05) is 23.1 Å². The average Bonchev–Trinajstić information content (AvgIpc) is 3.07. The number of nitrogens with one attached hydrogen (secondary N) is 2. The molecule has 26 heavy (non-hydrogen) atoms. The molecule has 2 rings (SSSR count). The lowest BCUT2D eigenvalue weighted by Crippen LogP contribution is -2.44. The minimum Gasteiger partial charge on any atom is -0.462 e. The molecule has 140 valence electrons. The summed E-state index contributed by atoms with van der Waals surface area (Å²) >= 11 is 6.23. The summed E-state index contributed by atoms with van der Waals surface area (Å²) in [5.74, 6) is -1.02. The Morgan fingerprint density at radius 2 is 1.88 bits per heavy atom. The summed E-state index contributed by atoms with van der Waals surface area (Å²) < 4.78 is 9.73. The molecule has 0 spiro atoms. The Kier molecular flexibility index (Phi) is 7.28. The third-order valence-corrected chi connectivity index (χ3v) is 3.69. The van der Waals surface area contributed by atoms with E-state index < -0.39 is 11.9 Å². The largest absolute Gasteiger partial charge is 0.462 e. The normalized spacial score (nSPS) is 12.9. The molecular weight excluding hydrogens is 360 g/mol. The molecular formula is C17H21ClN4O4. The number of benzene rings is 1. The number of carbonyl (C=O) groups excluding carboxylic acids is 2. The molecule has 0 amide bonds. The van der Waals surface area contributed by atoms with Crippen LogP contribution in [0.1, 0.15) is 13.8 Å². The maximum absolute atomic E-state index is 11.9. The van der Waals surface area contributed by atoms with Crippen molar-refractivity contribution in [1.29, 1.82) is 0 Å². The van der Waals surface area contributed by atoms with Crippen LogP contribution in [0.2, 0.25) is 5.02 Å². The molecule has 0 aliphatic carbocycles. The molecule has 0 unspecified atom stereocenters. The number of hydrogen-bond donors (Lipinski definition) is 2. The van der Waals surface area contributed by atoms with Gasteiger partial charge in [0, 0.05) is 12.7 Å². The van der Waals surface area contributed by atoms with Crippen LogP contribution in [0.25, 0.3) is 0 Å². The lowest BCUT2D eigenvalue weighted by Gasteiger charge is -2.22. The van der Waals surface area contributed by atoms with Crippen LogP contribution in [0.15, 0.2) is 41.0 Å². The molecule has 0 saturated heterocycles. The van der Waals surface area contributed by atoms with Gasteiger partial charge >= 0.3 is 11.9 Å². The number of nitrogens with zero attached hydrogens (tertiary/aromatic N) is 2. The van der Waals surface area contributed by atoms with E-state index in [-0.39, 0.29) is 18.8 Å². The van der Waals surface area contributed by atoms with E-state index in [1.54, 1.807) is 19.9 Å². The zero-order valence-corrected chi connectivity index (χ0v) is 15.4. The van der Waals surface area contributed by atoms with E-state index in [4.69, 9.17) is 21.1 Å². The number of anilines is 1. The van der Waals surface area contributed by atoms with Crippen molar-refractivity contribution in [3.8, 4) is 0 Å². The topological polar surface area (TPSA) is 92.3 Å². The number of rotatable bonds is 7. The van der Waals surface area contributed by atoms with Crippen molar-refractivity contribution in [3.05, 3.63) is 41.1 Å². The van der Waals surface area contributed by atoms with Crippen LogP contribution in [0.5, 0.6) is 0 Å². The third-order valence-electron chi connectivity index (χ3n) is 3.38. The standard InChI is InChI=1S/C17H21ClN4O4/c1-3-25-15(23)12(16(24)26-4-2)11-20-21-17-19-9-10-22(17)14-8-6-5-7-13(14)18/h5-8,11,20H,3-4,9-10H2,1-2H3,(H,19,21). The van der Waals surface area contributed by atoms with Gasteiger partial charge in [0.2, 0.25) is 5.96 Å². The van der Waals surface area contributed by atoms with Crippen molar-refractivity contribution < 1.29 is 19.1 Å². The van der Waals surface area contributed by atoms with E-state index in [0.29, 0.717) is 24.1 Å². The molecule has 1 aliphatic heterocycles. The lowest BCUT2D eigenvalue weighted by atomic mass is 10.3. The fourth-order valence-corrected chi connectivity index (χ4v) is 2.49. The molecule has 0 aromatic heterocycles. The molecule has 1 aliphatic rings. The first-order chi connectivity index (χ1) is 12.6. The first kappa shape index (κ1) is 19.6. The Morgan fingerprint density at radius 1 is 1.23 bits per heavy atom. The molecule has 0 radical (unpaired) electrons. The quantitative estimate of drug-likeness (QED) is 0.244. The van der Waals surface area contributed by atoms with Crippen molar-refractivity contribution in [2.45, 2.75) is 13.8 Å². The summed E-state index contributed by atoms with van der Waals surface area (Å²) in [7, 11) is 0. The first-order valence-electron chi connectivity index (χ1n) is 8.21. The van der Waals surface area contributed by atoms with Crippen LogP contribution in [0.4, 0.5) is 5.69 Å². The summed E-state index contributed by atoms with van der Waals surface area (Å²) in [4.78, 5) is 30.0. The van der Waals surface area contributed by atoms with Gasteiger partial charge in [-0.1, -0.05) is 23.7 Å². The zero-order chi connectivity index (χ0) is 18.9. The van der Waals surface area contributed by atoms with Gasteiger partial charge in [-0.25, -0.2) is 14.6 Å². The van der Waals surface area contributed by atoms with Gasteiger partial charge < -0.3 is 19.8 Å². The number of hydrogen-bond acceptors (Lipinski definition) is 8. The van der Waals surface area contributed by atoms with Crippen LogP contribution in [0.3, 0.4) is 0 Å². The van der Waals surface area contributed by atoms with E-state index in [9.17, 15) is 9.59 Å². The number of ether oxygens (including phenoxy) is 2. The Hall–Kier alpha value is -2.74. The lowest BCUT2D eigenvalue weighted by molar-refractivity contribution is -0.146. The SMILES string of the molecule is CCOC(=O)C(=CNNC1=NCCN1c1ccccc1Cl)C(=O)OCC. The number of hydrazine groups is 1. The van der Waals surface area contributed by atoms with Crippen molar-refractivity contribution in [1.82, 2.24) is 10.9 Å². The van der Waals surface area contributed by atoms with Gasteiger partial charge in [-0.3, -0.25) is 5.43 Å². The van der Waals surface area contributed by atoms with E-state index >= 15 is 0 Å². The minimum atomic E-state index is -0.767. The smallest absolute Gasteiger partial charge is 0.347 e. The van der Waals surface area contributed by atoms with Gasteiger partial charge in [0.15, 0.2) is 5.57 Å². The second-order valence-electron chi connectivity index (χ2n) is 5.08. The second-order valence-corrected chi connectivity index (χ2v) is 5.48. The number of guanidine groups is 1. The van der Waals surface area contributed by atoms with Crippen LogP contribution in [-0.2, 0) is 19.1 Å². The summed E-state index contributed by atoms with van der Waals surface area (Å²) in [6.45, 7) is 4.84. The molecule has 9 heteroatoms. The highest BCUT2D eigenvalue weighted by atomic mass is 35.5. The maximum atomic E-state index is 11.9. The highest BCUT2D eigenvalue weighted by Crippen LogP contribution is 2.26. The Labute approximate surface area is 156 Å². The molecule has 8 nitrogen and oxygen atoms in total. The summed E-state index contributed by atoms with van der Waals surface area (Å²) in [6.07, 6.45) is 1.20. The van der Waals surface area contributed by atoms with Crippen LogP contribution in [-0.4, -0.2) is 44.2 Å². The monoisotopic (exact) mass is 380 g/mol. The first-order valence-corrected chi connectivity index (χ1v) is 8.58. The van der Waals surface area contributed by atoms with Gasteiger partial charge in [-0.15, -0.1) is 0 Å². The summed E-state index contributed by atoms with van der Waals surface area (Å²) in [5.41, 5.74) is 6.11. The molecule has 0 fully saturated rings. The van der Waals surface area contributed by atoms with Crippen molar-refractivity contribution in [3.63, 3.8) is 0 Å². The number of carbonyl (C=O) groups is 2. The summed E-state index contributed by atoms with van der Waals surface area (Å²) in [6, 6.07) is 7.39. The fraction of sp³-hybridized carbons (Fsp3) is 0.353. The van der Waals surface area contributed by atoms with Gasteiger partial charge in [-0.05, 0) is 26.0 Å². The molecule has 0 atom stereocenters. The van der Waals surface area contributed by atoms with E-state index in [1.165, 1.54) is 6.20 Å². The highest BCUT2D eigenvalue weighted by molar-refractivity contribution is 6.33. The summed E-state index contributed by atoms with van der Waals surface area (Å²) in [5, 5.41) is 0.596. The molecule has 2 N–H and O–H groups in total. The number of aliphatic imine (C=N–C) groups is 1.